The summed E-state index contributed by atoms with van der Waals surface area (Å²) < 4.78 is 0. The number of hydrogen-bond donors (Lipinski definition) is 1. The van der Waals surface area contributed by atoms with Gasteiger partial charge in [-0.2, -0.15) is 0 Å². The molecule has 19 heavy (non-hydrogen) atoms. The molecule has 0 amide bonds. The van der Waals surface area contributed by atoms with Crippen LogP contribution >= 0.6 is 11.6 Å². The molecular formula is C15H18ClN3. The standard InChI is InChI=1S/C15H18ClN3/c1-11(12-5-4-8-17-10-12)18-14-9-13(16)6-7-15(14)19(2)3/h4-11,18H,1-3H3. The topological polar surface area (TPSA) is 28.2 Å². The number of benzene rings is 1. The molecule has 3 nitrogen and oxygen atoms in total. The predicted molar refractivity (Wildman–Crippen MR) is 82.1 cm³/mol. The van der Waals surface area contributed by atoms with E-state index in [9.17, 15) is 0 Å². The lowest BCUT2D eigenvalue weighted by atomic mass is 10.1. The summed E-state index contributed by atoms with van der Waals surface area (Å²) in [6, 6.07) is 10.0. The SMILES string of the molecule is CC(Nc1cc(Cl)ccc1N(C)C)c1cccnc1. The molecule has 4 heteroatoms. The van der Waals surface area contributed by atoms with Crippen LogP contribution in [0, 0.1) is 0 Å². The van der Waals surface area contributed by atoms with Gasteiger partial charge < -0.3 is 10.2 Å². The summed E-state index contributed by atoms with van der Waals surface area (Å²) in [5.74, 6) is 0. The Balaban J connectivity index is 2.25. The van der Waals surface area contributed by atoms with Crippen LogP contribution in [-0.2, 0) is 0 Å². The average Bonchev–Trinajstić information content (AvgIpc) is 2.39. The van der Waals surface area contributed by atoms with E-state index in [1.165, 1.54) is 0 Å². The Morgan fingerprint density at radius 1 is 1.26 bits per heavy atom. The first kappa shape index (κ1) is 13.7. The second-order valence-corrected chi connectivity index (χ2v) is 5.14. The zero-order valence-electron chi connectivity index (χ0n) is 11.4. The number of nitrogens with one attached hydrogen (secondary N) is 1. The van der Waals surface area contributed by atoms with E-state index in [1.54, 1.807) is 6.20 Å². The van der Waals surface area contributed by atoms with Crippen molar-refractivity contribution >= 4 is 23.0 Å². The number of rotatable bonds is 4. The lowest BCUT2D eigenvalue weighted by Crippen LogP contribution is -2.14. The van der Waals surface area contributed by atoms with Crippen LogP contribution in [0.3, 0.4) is 0 Å². The zero-order valence-corrected chi connectivity index (χ0v) is 12.1. The highest BCUT2D eigenvalue weighted by molar-refractivity contribution is 6.31. The van der Waals surface area contributed by atoms with Gasteiger partial charge in [-0.25, -0.2) is 0 Å². The van der Waals surface area contributed by atoms with Gasteiger partial charge in [0, 0.05) is 31.5 Å². The van der Waals surface area contributed by atoms with E-state index in [2.05, 4.69) is 28.2 Å². The minimum Gasteiger partial charge on any atom is -0.377 e. The van der Waals surface area contributed by atoms with Gasteiger partial charge in [0.05, 0.1) is 17.4 Å². The molecule has 1 aromatic carbocycles. The van der Waals surface area contributed by atoms with Crippen LogP contribution in [0.2, 0.25) is 5.02 Å². The van der Waals surface area contributed by atoms with Gasteiger partial charge in [0.15, 0.2) is 0 Å². The molecule has 0 aliphatic heterocycles. The summed E-state index contributed by atoms with van der Waals surface area (Å²) in [7, 11) is 4.03. The van der Waals surface area contributed by atoms with Crippen molar-refractivity contribution in [1.82, 2.24) is 4.98 Å². The van der Waals surface area contributed by atoms with Crippen molar-refractivity contribution in [3.05, 3.63) is 53.3 Å². The van der Waals surface area contributed by atoms with Crippen molar-refractivity contribution in [1.29, 1.82) is 0 Å². The molecule has 1 aromatic heterocycles. The van der Waals surface area contributed by atoms with Gasteiger partial charge in [0.2, 0.25) is 0 Å². The summed E-state index contributed by atoms with van der Waals surface area (Å²) in [5, 5.41) is 4.21. The van der Waals surface area contributed by atoms with Crippen LogP contribution in [0.25, 0.3) is 0 Å². The van der Waals surface area contributed by atoms with Crippen LogP contribution < -0.4 is 10.2 Å². The van der Waals surface area contributed by atoms with Crippen molar-refractivity contribution in [3.8, 4) is 0 Å². The van der Waals surface area contributed by atoms with Crippen LogP contribution in [-0.4, -0.2) is 19.1 Å². The number of pyridine rings is 1. The van der Waals surface area contributed by atoms with Crippen molar-refractivity contribution in [3.63, 3.8) is 0 Å². The van der Waals surface area contributed by atoms with E-state index >= 15 is 0 Å². The molecule has 0 bridgehead atoms. The van der Waals surface area contributed by atoms with Gasteiger partial charge in [0.25, 0.3) is 0 Å². The van der Waals surface area contributed by atoms with Gasteiger partial charge in [0.1, 0.15) is 0 Å². The van der Waals surface area contributed by atoms with Crippen molar-refractivity contribution < 1.29 is 0 Å². The predicted octanol–water partition coefficient (Wildman–Crippen LogP) is 3.97. The molecule has 2 rings (SSSR count). The number of aromatic nitrogens is 1. The molecule has 0 saturated carbocycles. The molecule has 1 heterocycles. The van der Waals surface area contributed by atoms with Crippen LogP contribution in [0.5, 0.6) is 0 Å². The minimum atomic E-state index is 0.172. The van der Waals surface area contributed by atoms with Crippen molar-refractivity contribution in [2.45, 2.75) is 13.0 Å². The normalized spacial score (nSPS) is 12.0. The smallest absolute Gasteiger partial charge is 0.0598 e. The van der Waals surface area contributed by atoms with Gasteiger partial charge in [-0.1, -0.05) is 17.7 Å². The first-order valence-corrected chi connectivity index (χ1v) is 6.59. The Morgan fingerprint density at radius 3 is 2.68 bits per heavy atom. The highest BCUT2D eigenvalue weighted by Gasteiger charge is 2.10. The fraction of sp³-hybridized carbons (Fsp3) is 0.267. The molecule has 0 spiro atoms. The Bertz CT molecular complexity index is 540. The molecule has 0 aliphatic rings. The number of anilines is 2. The molecule has 0 fully saturated rings. The van der Waals surface area contributed by atoms with Gasteiger partial charge >= 0.3 is 0 Å². The molecule has 0 aliphatic carbocycles. The maximum absolute atomic E-state index is 6.08. The third kappa shape index (κ3) is 3.38. The maximum Gasteiger partial charge on any atom is 0.0598 e. The Kier molecular flexibility index (Phi) is 4.27. The van der Waals surface area contributed by atoms with E-state index < -0.39 is 0 Å². The van der Waals surface area contributed by atoms with Crippen molar-refractivity contribution in [2.75, 3.05) is 24.3 Å². The van der Waals surface area contributed by atoms with E-state index in [4.69, 9.17) is 11.6 Å². The molecular weight excluding hydrogens is 258 g/mol. The lowest BCUT2D eigenvalue weighted by Gasteiger charge is -2.22. The van der Waals surface area contributed by atoms with Crippen LogP contribution in [0.1, 0.15) is 18.5 Å². The fourth-order valence-electron chi connectivity index (χ4n) is 1.96. The third-order valence-corrected chi connectivity index (χ3v) is 3.23. The highest BCUT2D eigenvalue weighted by atomic mass is 35.5. The number of hydrogen-bond acceptors (Lipinski definition) is 3. The highest BCUT2D eigenvalue weighted by Crippen LogP contribution is 2.30. The second-order valence-electron chi connectivity index (χ2n) is 4.71. The first-order valence-electron chi connectivity index (χ1n) is 6.21. The molecule has 1 N–H and O–H groups in total. The van der Waals surface area contributed by atoms with Crippen molar-refractivity contribution in [2.24, 2.45) is 0 Å². The number of halogens is 1. The quantitative estimate of drug-likeness (QED) is 0.915. The summed E-state index contributed by atoms with van der Waals surface area (Å²) >= 11 is 6.08. The monoisotopic (exact) mass is 275 g/mol. The summed E-state index contributed by atoms with van der Waals surface area (Å²) in [6.45, 7) is 2.11. The summed E-state index contributed by atoms with van der Waals surface area (Å²) in [4.78, 5) is 6.21. The Hall–Kier alpha value is -1.74. The summed E-state index contributed by atoms with van der Waals surface area (Å²) in [6.07, 6.45) is 3.65. The number of nitrogens with zero attached hydrogens (tertiary/aromatic N) is 2. The average molecular weight is 276 g/mol. The minimum absolute atomic E-state index is 0.172. The van der Waals surface area contributed by atoms with E-state index in [1.807, 2.05) is 44.6 Å². The molecule has 1 atom stereocenters. The molecule has 2 aromatic rings. The maximum atomic E-state index is 6.08. The lowest BCUT2D eigenvalue weighted by molar-refractivity contribution is 0.874. The molecule has 100 valence electrons. The van der Waals surface area contributed by atoms with E-state index in [0.717, 1.165) is 22.0 Å². The summed E-state index contributed by atoms with van der Waals surface area (Å²) in [5.41, 5.74) is 3.28. The molecule has 0 radical (unpaired) electrons. The van der Waals surface area contributed by atoms with Gasteiger partial charge in [-0.05, 0) is 36.8 Å². The Labute approximate surface area is 119 Å². The van der Waals surface area contributed by atoms with Gasteiger partial charge in [-0.3, -0.25) is 4.98 Å². The molecule has 0 saturated heterocycles. The van der Waals surface area contributed by atoms with Gasteiger partial charge in [-0.15, -0.1) is 0 Å². The van der Waals surface area contributed by atoms with E-state index in [-0.39, 0.29) is 6.04 Å². The second kappa shape index (κ2) is 5.93. The third-order valence-electron chi connectivity index (χ3n) is 3.00. The first-order chi connectivity index (χ1) is 9.08. The van der Waals surface area contributed by atoms with E-state index in [0.29, 0.717) is 0 Å². The zero-order chi connectivity index (χ0) is 13.8. The Morgan fingerprint density at radius 2 is 2.05 bits per heavy atom. The molecule has 1 unspecified atom stereocenters. The van der Waals surface area contributed by atoms with Crippen LogP contribution in [0.15, 0.2) is 42.7 Å². The fourth-order valence-corrected chi connectivity index (χ4v) is 2.13. The largest absolute Gasteiger partial charge is 0.377 e. The van der Waals surface area contributed by atoms with Crippen LogP contribution in [0.4, 0.5) is 11.4 Å².